The minimum absolute atomic E-state index is 0.0319. The first-order valence-corrected chi connectivity index (χ1v) is 21.4. The highest BCUT2D eigenvalue weighted by atomic mass is 16.6. The second-order valence-corrected chi connectivity index (χ2v) is 19.0. The van der Waals surface area contributed by atoms with Crippen molar-refractivity contribution in [2.75, 3.05) is 6.61 Å². The Bertz CT molecular complexity index is 2240. The minimum atomic E-state index is -2.48. The minimum Gasteiger partial charge on any atom is -0.481 e. The molecule has 1 unspecified atom stereocenters. The maximum Gasteiger partial charge on any atom is 0.408 e. The van der Waals surface area contributed by atoms with Crippen LogP contribution in [0.4, 0.5) is 4.79 Å². The van der Waals surface area contributed by atoms with Crippen LogP contribution in [0.15, 0.2) is 71.8 Å². The van der Waals surface area contributed by atoms with Gasteiger partial charge in [0, 0.05) is 36.2 Å². The van der Waals surface area contributed by atoms with Crippen LogP contribution in [0, 0.1) is 16.7 Å². The number of amides is 1. The number of Topliss-reactive ketones (excluding diaryl/α,β-unsaturated/α-hetero) is 1. The summed E-state index contributed by atoms with van der Waals surface area (Å²) in [4.78, 5) is 95.1. The van der Waals surface area contributed by atoms with E-state index >= 15 is 4.79 Å². The molecule has 65 heavy (non-hydrogen) atoms. The summed E-state index contributed by atoms with van der Waals surface area (Å²) in [5.74, 6) is -8.12. The Morgan fingerprint density at radius 1 is 0.923 bits per heavy atom. The van der Waals surface area contributed by atoms with Crippen molar-refractivity contribution in [3.8, 4) is 0 Å². The molecule has 3 aliphatic carbocycles. The lowest BCUT2D eigenvalue weighted by Crippen LogP contribution is -2.82. The molecule has 2 aromatic rings. The van der Waals surface area contributed by atoms with Gasteiger partial charge >= 0.3 is 35.9 Å². The van der Waals surface area contributed by atoms with Gasteiger partial charge in [-0.2, -0.15) is 0 Å². The van der Waals surface area contributed by atoms with Crippen LogP contribution in [0.1, 0.15) is 103 Å². The number of fused-ring (bicyclic) bond motifs is 5. The van der Waals surface area contributed by atoms with Gasteiger partial charge in [-0.15, -0.1) is 0 Å². The molecule has 1 amide bonds. The highest BCUT2D eigenvalue weighted by molar-refractivity contribution is 6.02. The lowest BCUT2D eigenvalue weighted by molar-refractivity contribution is -0.357. The van der Waals surface area contributed by atoms with Crippen molar-refractivity contribution in [3.63, 3.8) is 0 Å². The Labute approximate surface area is 375 Å². The van der Waals surface area contributed by atoms with Gasteiger partial charge in [0.2, 0.25) is 6.10 Å². The number of ether oxygens (including phenoxy) is 6. The Kier molecular flexibility index (Phi) is 13.5. The normalized spacial score (nSPS) is 31.2. The fourth-order valence-electron chi connectivity index (χ4n) is 10.1. The average molecular weight is 908 g/mol. The van der Waals surface area contributed by atoms with Gasteiger partial charge < -0.3 is 54.2 Å². The van der Waals surface area contributed by atoms with Crippen LogP contribution in [0.3, 0.4) is 0 Å². The highest BCUT2D eigenvalue weighted by Crippen LogP contribution is 2.64. The zero-order valence-corrected chi connectivity index (χ0v) is 37.5. The van der Waals surface area contributed by atoms with Crippen LogP contribution in [0.25, 0.3) is 0 Å². The molecule has 0 radical (unpaired) electrons. The molecule has 2 saturated carbocycles. The molecule has 0 aromatic heterocycles. The van der Waals surface area contributed by atoms with Crippen LogP contribution in [-0.4, -0.2) is 122 Å². The van der Waals surface area contributed by atoms with E-state index in [1.54, 1.807) is 57.2 Å². The molecule has 2 bridgehead atoms. The smallest absolute Gasteiger partial charge is 0.408 e. The zero-order chi connectivity index (χ0) is 48.0. The van der Waals surface area contributed by atoms with Gasteiger partial charge in [0.25, 0.3) is 0 Å². The summed E-state index contributed by atoms with van der Waals surface area (Å²) < 4.78 is 35.5. The lowest BCUT2D eigenvalue weighted by atomic mass is 9.44. The highest BCUT2D eigenvalue weighted by Gasteiger charge is 2.78. The Morgan fingerprint density at radius 3 is 2.09 bits per heavy atom. The predicted molar refractivity (Wildman–Crippen MR) is 224 cm³/mol. The van der Waals surface area contributed by atoms with Crippen molar-refractivity contribution in [2.45, 2.75) is 141 Å². The fourth-order valence-corrected chi connectivity index (χ4v) is 10.1. The quantitative estimate of drug-likeness (QED) is 0.150. The number of aliphatic carboxylic acids is 1. The molecule has 11 atom stereocenters. The molecule has 1 saturated heterocycles. The Morgan fingerprint density at radius 2 is 1.54 bits per heavy atom. The lowest BCUT2D eigenvalue weighted by Gasteiger charge is -2.68. The summed E-state index contributed by atoms with van der Waals surface area (Å²) >= 11 is 0. The Hall–Kier alpha value is -5.69. The van der Waals surface area contributed by atoms with Crippen molar-refractivity contribution in [1.82, 2.24) is 5.32 Å². The number of nitrogens with one attached hydrogen (secondary N) is 1. The standard InChI is InChI=1S/C47H57NO17/c1-24-28(61-41(57)36(62-32(53)20-19-31(51)52)34(26-15-11-9-12-16-26)48-42(58)65-43(3,4)5)22-47(59)39(63-40(56)27-17-13-10-14-18-27)37-45(8,38(55)35(54)33(24)44(47,6)7)29(50)21-30-46(37,23-60-30)64-25(2)49/h9-18,28-30,34,36-39,50,55,59H,19-23H2,1-8H3,(H,48,58)(H,51,52)/t28-,29-,30+,34-,36+,37-,38?,39-,45+,46-,47+/m0/s1. The third-order valence-electron chi connectivity index (χ3n) is 13.3. The van der Waals surface area contributed by atoms with E-state index in [0.717, 1.165) is 6.92 Å². The van der Waals surface area contributed by atoms with Gasteiger partial charge in [0.05, 0.1) is 37.0 Å². The first-order valence-electron chi connectivity index (χ1n) is 21.4. The third kappa shape index (κ3) is 9.00. The van der Waals surface area contributed by atoms with E-state index in [1.807, 2.05) is 0 Å². The number of carboxylic acids is 1. The van der Waals surface area contributed by atoms with E-state index in [1.165, 1.54) is 52.0 Å². The van der Waals surface area contributed by atoms with E-state index < -0.39 is 137 Å². The molecule has 2 aromatic carbocycles. The molecular formula is C47H57NO17. The SMILES string of the molecule is CC(=O)O[C@@]12CO[C@@H]1C[C@H](O)[C@@]1(C)C(O)C(=O)C3=C(C)[C@@H](OC(=O)[C@H](OC(=O)CCC(=O)O)[C@@H](NC(=O)OC(C)(C)C)c4ccccc4)C[C@@](O)([C@@H](OC(=O)c4ccccc4)[C@H]21)C3(C)C. The van der Waals surface area contributed by atoms with Gasteiger partial charge in [-0.05, 0) is 51.0 Å². The van der Waals surface area contributed by atoms with Crippen LogP contribution in [0.2, 0.25) is 0 Å². The summed E-state index contributed by atoms with van der Waals surface area (Å²) in [7, 11) is 0. The van der Waals surface area contributed by atoms with Crippen LogP contribution in [-0.2, 0) is 52.4 Å². The van der Waals surface area contributed by atoms with E-state index in [9.17, 15) is 49.2 Å². The molecule has 4 aliphatic rings. The zero-order valence-electron chi connectivity index (χ0n) is 37.5. The molecule has 18 nitrogen and oxygen atoms in total. The van der Waals surface area contributed by atoms with E-state index in [2.05, 4.69) is 5.32 Å². The summed E-state index contributed by atoms with van der Waals surface area (Å²) in [6, 6.07) is 14.0. The second-order valence-electron chi connectivity index (χ2n) is 19.0. The maximum absolute atomic E-state index is 15.0. The molecular weight excluding hydrogens is 851 g/mol. The fraction of sp³-hybridized carbons (Fsp3) is 0.553. The van der Waals surface area contributed by atoms with Gasteiger partial charge in [0.15, 0.2) is 11.4 Å². The molecule has 1 aliphatic heterocycles. The summed E-state index contributed by atoms with van der Waals surface area (Å²) in [6.45, 7) is 11.4. The number of benzene rings is 2. The van der Waals surface area contributed by atoms with Crippen molar-refractivity contribution >= 4 is 41.7 Å². The molecule has 18 heteroatoms. The predicted octanol–water partition coefficient (Wildman–Crippen LogP) is 3.68. The van der Waals surface area contributed by atoms with Crippen molar-refractivity contribution in [3.05, 3.63) is 82.9 Å². The number of esters is 4. The maximum atomic E-state index is 15.0. The first-order chi connectivity index (χ1) is 30.3. The van der Waals surface area contributed by atoms with Gasteiger partial charge in [0.1, 0.15) is 41.7 Å². The van der Waals surface area contributed by atoms with Crippen molar-refractivity contribution in [2.24, 2.45) is 16.7 Å². The second kappa shape index (κ2) is 17.9. The number of aliphatic hydroxyl groups excluding tert-OH is 2. The largest absolute Gasteiger partial charge is 0.481 e. The van der Waals surface area contributed by atoms with Crippen LogP contribution in [0.5, 0.6) is 0 Å². The number of hydrogen-bond acceptors (Lipinski definition) is 16. The summed E-state index contributed by atoms with van der Waals surface area (Å²) in [5, 5.41) is 49.8. The number of rotatable bonds is 12. The van der Waals surface area contributed by atoms with Gasteiger partial charge in [-0.1, -0.05) is 69.3 Å². The number of carbonyl (C=O) groups excluding carboxylic acids is 6. The molecule has 1 heterocycles. The summed E-state index contributed by atoms with van der Waals surface area (Å²) in [5.41, 5.74) is -8.98. The molecule has 0 spiro atoms. The van der Waals surface area contributed by atoms with Crippen molar-refractivity contribution < 1.29 is 82.4 Å². The first kappa shape index (κ1) is 48.8. The molecule has 352 valence electrons. The van der Waals surface area contributed by atoms with Crippen molar-refractivity contribution in [1.29, 1.82) is 0 Å². The van der Waals surface area contributed by atoms with Gasteiger partial charge in [-0.3, -0.25) is 19.2 Å². The number of carboxylic acid groups (broad SMARTS) is 1. The molecule has 5 N–H and O–H groups in total. The number of aliphatic hydroxyl groups is 3. The topological polar surface area (TPSA) is 268 Å². The number of hydrogen-bond donors (Lipinski definition) is 5. The number of carbonyl (C=O) groups is 7. The van der Waals surface area contributed by atoms with Crippen LogP contribution < -0.4 is 5.32 Å². The molecule has 6 rings (SSSR count). The van der Waals surface area contributed by atoms with E-state index in [4.69, 9.17) is 28.4 Å². The molecule has 3 fully saturated rings. The van der Waals surface area contributed by atoms with Gasteiger partial charge in [-0.25, -0.2) is 14.4 Å². The number of alkyl carbamates (subject to hydrolysis) is 1. The number of ketones is 1. The Balaban J connectivity index is 1.52. The van der Waals surface area contributed by atoms with Crippen LogP contribution >= 0.6 is 0 Å². The van der Waals surface area contributed by atoms with E-state index in [0.29, 0.717) is 0 Å². The third-order valence-corrected chi connectivity index (χ3v) is 13.3. The summed E-state index contributed by atoms with van der Waals surface area (Å²) in [6.07, 6.45) is -13.5. The average Bonchev–Trinajstić information content (AvgIpc) is 3.22. The monoisotopic (exact) mass is 907 g/mol. The van der Waals surface area contributed by atoms with E-state index in [-0.39, 0.29) is 35.3 Å².